The fraction of sp³-hybridized carbons (Fsp3) is 0.378. The molecule has 4 aromatic heterocycles. The van der Waals surface area contributed by atoms with E-state index < -0.39 is 0 Å². The number of halogens is 2. The highest BCUT2D eigenvalue weighted by molar-refractivity contribution is 6.32. The second-order valence-electron chi connectivity index (χ2n) is 15.3. The van der Waals surface area contributed by atoms with Crippen LogP contribution in [0, 0.1) is 27.7 Å². The van der Waals surface area contributed by atoms with E-state index in [1.54, 1.807) is 12.1 Å². The van der Waals surface area contributed by atoms with Crippen molar-refractivity contribution in [1.82, 2.24) is 29.1 Å². The third-order valence-electron chi connectivity index (χ3n) is 9.98. The lowest BCUT2D eigenvalue weighted by molar-refractivity contribution is 0.0665. The Morgan fingerprint density at radius 3 is 1.49 bits per heavy atom. The zero-order chi connectivity index (χ0) is 40.5. The van der Waals surface area contributed by atoms with Crippen LogP contribution in [0.25, 0.3) is 45.3 Å². The van der Waals surface area contributed by atoms with Gasteiger partial charge in [-0.3, -0.25) is 9.97 Å². The largest absolute Gasteiger partial charge is 0.506 e. The van der Waals surface area contributed by atoms with E-state index in [-0.39, 0.29) is 24.1 Å². The van der Waals surface area contributed by atoms with Crippen LogP contribution in [0.15, 0.2) is 60.7 Å². The summed E-state index contributed by atoms with van der Waals surface area (Å²) in [5.74, 6) is 2.50. The number of hydrogen-bond donors (Lipinski definition) is 1. The molecular formula is C45H50Cl2N6O4. The number of benzene rings is 2. The molecule has 0 radical (unpaired) electrons. The molecule has 0 saturated carbocycles. The molecule has 0 spiro atoms. The maximum atomic E-state index is 9.77. The van der Waals surface area contributed by atoms with Crippen molar-refractivity contribution in [3.8, 4) is 56.8 Å². The Kier molecular flexibility index (Phi) is 12.1. The van der Waals surface area contributed by atoms with Crippen molar-refractivity contribution in [2.75, 3.05) is 13.2 Å². The number of ether oxygens (including phenoxy) is 3. The van der Waals surface area contributed by atoms with Crippen LogP contribution in [0.1, 0.15) is 61.9 Å². The number of nitrogens with zero attached hydrogens (tertiary/aromatic N) is 6. The summed E-state index contributed by atoms with van der Waals surface area (Å²) in [6.45, 7) is 19.0. The van der Waals surface area contributed by atoms with Crippen LogP contribution in [0.4, 0.5) is 0 Å². The van der Waals surface area contributed by atoms with Crippen molar-refractivity contribution in [2.45, 2.75) is 99.6 Å². The summed E-state index contributed by atoms with van der Waals surface area (Å²) in [5, 5.41) is 10.7. The third kappa shape index (κ3) is 9.05. The van der Waals surface area contributed by atoms with Gasteiger partial charge >= 0.3 is 0 Å². The van der Waals surface area contributed by atoms with Gasteiger partial charge in [-0.1, -0.05) is 23.2 Å². The molecule has 8 rings (SSSR count). The zero-order valence-electron chi connectivity index (χ0n) is 33.9. The predicted molar refractivity (Wildman–Crippen MR) is 226 cm³/mol. The van der Waals surface area contributed by atoms with Crippen molar-refractivity contribution in [3.05, 3.63) is 105 Å². The molecule has 12 heteroatoms. The number of rotatable bonds is 6. The van der Waals surface area contributed by atoms with Gasteiger partial charge in [0, 0.05) is 69.3 Å². The van der Waals surface area contributed by atoms with Gasteiger partial charge in [-0.15, -0.1) is 0 Å². The Balaban J connectivity index is 0.000000175. The number of aromatic nitrogens is 6. The van der Waals surface area contributed by atoms with Gasteiger partial charge < -0.3 is 28.5 Å². The normalized spacial score (nSPS) is 16.6. The molecule has 1 N–H and O–H groups in total. The summed E-state index contributed by atoms with van der Waals surface area (Å²) in [6, 6.07) is 19.4. The maximum Gasteiger partial charge on any atom is 0.141 e. The SMILES string of the molecule is Cc1cc(-c2nc(-c3ccc(O)c(Cl)c3)n3c2CCO[C@H](C)C3)cc(C)n1.Cc1cc(-c2nc(-c3ccc(OC(C)C)c(Cl)c3)n3c2CCO[C@H](C)C3)cc(C)n1. The lowest BCUT2D eigenvalue weighted by Gasteiger charge is -2.14. The highest BCUT2D eigenvalue weighted by Gasteiger charge is 2.26. The number of aromatic hydroxyl groups is 1. The maximum absolute atomic E-state index is 9.77. The molecule has 2 aliphatic rings. The van der Waals surface area contributed by atoms with E-state index >= 15 is 0 Å². The van der Waals surface area contributed by atoms with Crippen LogP contribution in [0.5, 0.6) is 11.5 Å². The van der Waals surface area contributed by atoms with Crippen molar-refractivity contribution in [2.24, 2.45) is 0 Å². The standard InChI is InChI=1S/C24H28ClN3O2.C21H22ClN3O2/c1-14(2)30-22-7-6-18(12-20(22)25)24-27-23(19-10-15(3)26-16(4)11-19)21-8-9-29-17(5)13-28(21)24;1-12-8-16(9-13(2)23-12)20-18-6-7-27-14(3)11-25(18)21(24-20)15-4-5-19(26)17(22)10-15/h6-7,10-12,14,17H,8-9,13H2,1-5H3;4-5,8-10,14,26H,6-7,11H2,1-3H3/t17-;14-/m11/s1. The molecular weight excluding hydrogens is 759 g/mol. The number of hydrogen-bond acceptors (Lipinski definition) is 8. The smallest absolute Gasteiger partial charge is 0.141 e. The summed E-state index contributed by atoms with van der Waals surface area (Å²) in [4.78, 5) is 19.1. The van der Waals surface area contributed by atoms with Crippen LogP contribution in [0.3, 0.4) is 0 Å². The molecule has 0 bridgehead atoms. The van der Waals surface area contributed by atoms with Crippen LogP contribution in [0.2, 0.25) is 10.0 Å². The van der Waals surface area contributed by atoms with E-state index in [9.17, 15) is 5.11 Å². The van der Waals surface area contributed by atoms with Crippen LogP contribution in [-0.4, -0.2) is 65.7 Å². The Morgan fingerprint density at radius 1 is 0.632 bits per heavy atom. The van der Waals surface area contributed by atoms with E-state index in [0.717, 1.165) is 99.7 Å². The van der Waals surface area contributed by atoms with Crippen molar-refractivity contribution in [3.63, 3.8) is 0 Å². The summed E-state index contributed by atoms with van der Waals surface area (Å²) in [6.07, 6.45) is 1.89. The minimum absolute atomic E-state index is 0.0683. The molecule has 2 aromatic carbocycles. The van der Waals surface area contributed by atoms with Gasteiger partial charge in [0.1, 0.15) is 23.1 Å². The predicted octanol–water partition coefficient (Wildman–Crippen LogP) is 10.2. The van der Waals surface area contributed by atoms with Gasteiger partial charge in [0.05, 0.1) is 66.0 Å². The third-order valence-corrected chi connectivity index (χ3v) is 10.6. The monoisotopic (exact) mass is 808 g/mol. The minimum Gasteiger partial charge on any atom is -0.506 e. The number of pyridine rings is 2. The number of phenolic OH excluding ortho intramolecular Hbond substituents is 1. The van der Waals surface area contributed by atoms with Gasteiger partial charge in [-0.2, -0.15) is 0 Å². The zero-order valence-corrected chi connectivity index (χ0v) is 35.4. The van der Waals surface area contributed by atoms with E-state index in [1.165, 1.54) is 5.69 Å². The first-order valence-corrected chi connectivity index (χ1v) is 20.3. The Hall–Kier alpha value is -4.74. The second-order valence-corrected chi connectivity index (χ2v) is 16.1. The first-order valence-electron chi connectivity index (χ1n) is 19.5. The van der Waals surface area contributed by atoms with Crippen LogP contribution >= 0.6 is 23.2 Å². The molecule has 0 saturated heterocycles. The summed E-state index contributed by atoms with van der Waals surface area (Å²) in [5.41, 5.74) is 12.2. The quantitative estimate of drug-likeness (QED) is 0.177. The molecule has 6 aromatic rings. The first-order chi connectivity index (χ1) is 27.2. The second kappa shape index (κ2) is 17.0. The molecule has 0 amide bonds. The number of phenols is 1. The Morgan fingerprint density at radius 2 is 1.07 bits per heavy atom. The fourth-order valence-electron chi connectivity index (χ4n) is 7.69. The summed E-state index contributed by atoms with van der Waals surface area (Å²) in [7, 11) is 0. The van der Waals surface area contributed by atoms with Crippen molar-refractivity contribution >= 4 is 23.2 Å². The summed E-state index contributed by atoms with van der Waals surface area (Å²) < 4.78 is 22.1. The van der Waals surface area contributed by atoms with Gasteiger partial charge in [-0.05, 0) is 116 Å². The van der Waals surface area contributed by atoms with E-state index in [1.807, 2.05) is 65.8 Å². The lowest BCUT2D eigenvalue weighted by atomic mass is 10.1. The van der Waals surface area contributed by atoms with E-state index in [2.05, 4.69) is 57.2 Å². The number of aryl methyl sites for hydroxylation is 4. The van der Waals surface area contributed by atoms with Crippen LogP contribution in [-0.2, 0) is 35.4 Å². The van der Waals surface area contributed by atoms with Gasteiger partial charge in [0.2, 0.25) is 0 Å². The summed E-state index contributed by atoms with van der Waals surface area (Å²) >= 11 is 12.7. The fourth-order valence-corrected chi connectivity index (χ4v) is 8.09. The molecule has 2 aliphatic heterocycles. The topological polar surface area (TPSA) is 109 Å². The number of imidazole rings is 2. The average Bonchev–Trinajstić information content (AvgIpc) is 3.51. The molecule has 10 nitrogen and oxygen atoms in total. The lowest BCUT2D eigenvalue weighted by Crippen LogP contribution is -2.15. The minimum atomic E-state index is 0.0683. The van der Waals surface area contributed by atoms with E-state index in [0.29, 0.717) is 29.0 Å². The highest BCUT2D eigenvalue weighted by atomic mass is 35.5. The Labute approximate surface area is 344 Å². The molecule has 0 fully saturated rings. The highest BCUT2D eigenvalue weighted by Crippen LogP contribution is 2.37. The molecule has 57 heavy (non-hydrogen) atoms. The molecule has 0 aliphatic carbocycles. The Bertz CT molecular complexity index is 2380. The van der Waals surface area contributed by atoms with Crippen molar-refractivity contribution in [1.29, 1.82) is 0 Å². The number of fused-ring (bicyclic) bond motifs is 2. The molecule has 6 heterocycles. The molecule has 2 atom stereocenters. The first kappa shape index (κ1) is 40.5. The van der Waals surface area contributed by atoms with E-state index in [4.69, 9.17) is 47.4 Å². The molecule has 298 valence electrons. The average molecular weight is 810 g/mol. The van der Waals surface area contributed by atoms with Crippen LogP contribution < -0.4 is 4.74 Å². The molecule has 0 unspecified atom stereocenters. The van der Waals surface area contributed by atoms with Gasteiger partial charge in [0.15, 0.2) is 0 Å². The van der Waals surface area contributed by atoms with Gasteiger partial charge in [0.25, 0.3) is 0 Å². The van der Waals surface area contributed by atoms with Crippen molar-refractivity contribution < 1.29 is 19.3 Å². The van der Waals surface area contributed by atoms with Gasteiger partial charge in [-0.25, -0.2) is 9.97 Å².